The fraction of sp³-hybridized carbons (Fsp3) is 0.727. The standard InChI is InChI=1S/C11H18N4O/c1-8(2)10(13-7-5-4-6-12)11-14-9(3)15-16-11/h8,10,13H,4-5,7H2,1-3H3/t10-/m1/s1. The molecule has 1 heterocycles. The fourth-order valence-electron chi connectivity index (χ4n) is 1.47. The van der Waals surface area contributed by atoms with Crippen LogP contribution in [0.2, 0.25) is 0 Å². The Kier molecular flexibility index (Phi) is 4.93. The number of hydrogen-bond acceptors (Lipinski definition) is 5. The number of nitrogens with zero attached hydrogens (tertiary/aromatic N) is 3. The quantitative estimate of drug-likeness (QED) is 0.745. The van der Waals surface area contributed by atoms with Crippen molar-refractivity contribution in [2.45, 2.75) is 39.7 Å². The number of nitriles is 1. The second-order valence-electron chi connectivity index (χ2n) is 4.12. The second kappa shape index (κ2) is 6.23. The van der Waals surface area contributed by atoms with Crippen LogP contribution in [0, 0.1) is 24.2 Å². The van der Waals surface area contributed by atoms with Gasteiger partial charge >= 0.3 is 0 Å². The fourth-order valence-corrected chi connectivity index (χ4v) is 1.47. The summed E-state index contributed by atoms with van der Waals surface area (Å²) in [6, 6.07) is 2.19. The lowest BCUT2D eigenvalue weighted by Gasteiger charge is -2.17. The zero-order valence-electron chi connectivity index (χ0n) is 10.0. The predicted molar refractivity (Wildman–Crippen MR) is 59.5 cm³/mol. The monoisotopic (exact) mass is 222 g/mol. The summed E-state index contributed by atoms with van der Waals surface area (Å²) in [6.07, 6.45) is 1.41. The first-order chi connectivity index (χ1) is 7.65. The summed E-state index contributed by atoms with van der Waals surface area (Å²) in [5.41, 5.74) is 0. The van der Waals surface area contributed by atoms with E-state index in [4.69, 9.17) is 9.78 Å². The van der Waals surface area contributed by atoms with Gasteiger partial charge in [0.25, 0.3) is 0 Å². The summed E-state index contributed by atoms with van der Waals surface area (Å²) < 4.78 is 5.16. The lowest BCUT2D eigenvalue weighted by Crippen LogP contribution is -2.27. The van der Waals surface area contributed by atoms with E-state index < -0.39 is 0 Å². The molecule has 5 nitrogen and oxygen atoms in total. The van der Waals surface area contributed by atoms with E-state index in [1.807, 2.05) is 0 Å². The van der Waals surface area contributed by atoms with Crippen LogP contribution >= 0.6 is 0 Å². The van der Waals surface area contributed by atoms with E-state index in [2.05, 4.69) is 35.4 Å². The van der Waals surface area contributed by atoms with Gasteiger partial charge in [-0.15, -0.1) is 0 Å². The molecule has 0 fully saturated rings. The summed E-state index contributed by atoms with van der Waals surface area (Å²) in [5.74, 6) is 1.66. The summed E-state index contributed by atoms with van der Waals surface area (Å²) >= 11 is 0. The van der Waals surface area contributed by atoms with E-state index >= 15 is 0 Å². The lowest BCUT2D eigenvalue weighted by molar-refractivity contribution is 0.288. The molecule has 0 saturated heterocycles. The maximum atomic E-state index is 8.44. The molecule has 1 rings (SSSR count). The highest BCUT2D eigenvalue weighted by molar-refractivity contribution is 4.93. The van der Waals surface area contributed by atoms with Gasteiger partial charge in [0.2, 0.25) is 5.89 Å². The van der Waals surface area contributed by atoms with Gasteiger partial charge in [0.1, 0.15) is 0 Å². The highest BCUT2D eigenvalue weighted by Gasteiger charge is 2.20. The molecule has 0 spiro atoms. The third-order valence-electron chi connectivity index (χ3n) is 2.31. The Balaban J connectivity index is 2.52. The van der Waals surface area contributed by atoms with E-state index in [-0.39, 0.29) is 6.04 Å². The third kappa shape index (κ3) is 3.63. The Morgan fingerprint density at radius 3 is 2.75 bits per heavy atom. The first kappa shape index (κ1) is 12.7. The minimum absolute atomic E-state index is 0.0693. The van der Waals surface area contributed by atoms with Crippen LogP contribution in [0.1, 0.15) is 44.4 Å². The molecule has 0 aliphatic heterocycles. The van der Waals surface area contributed by atoms with Gasteiger partial charge in [0.15, 0.2) is 5.82 Å². The molecule has 1 N–H and O–H groups in total. The van der Waals surface area contributed by atoms with Crippen molar-refractivity contribution >= 4 is 0 Å². The SMILES string of the molecule is Cc1noc([C@H](NCCCC#N)C(C)C)n1. The highest BCUT2D eigenvalue weighted by atomic mass is 16.5. The molecular formula is C11H18N4O. The minimum atomic E-state index is 0.0693. The average molecular weight is 222 g/mol. The maximum absolute atomic E-state index is 8.44. The van der Waals surface area contributed by atoms with Crippen molar-refractivity contribution in [2.75, 3.05) is 6.54 Å². The van der Waals surface area contributed by atoms with Crippen molar-refractivity contribution in [3.8, 4) is 6.07 Å². The van der Waals surface area contributed by atoms with Gasteiger partial charge in [-0.1, -0.05) is 19.0 Å². The Morgan fingerprint density at radius 2 is 2.25 bits per heavy atom. The van der Waals surface area contributed by atoms with Crippen LogP contribution in [-0.2, 0) is 0 Å². The minimum Gasteiger partial charge on any atom is -0.338 e. The molecule has 1 aromatic heterocycles. The van der Waals surface area contributed by atoms with Crippen LogP contribution in [0.4, 0.5) is 0 Å². The smallest absolute Gasteiger partial charge is 0.244 e. The van der Waals surface area contributed by atoms with Gasteiger partial charge < -0.3 is 9.84 Å². The van der Waals surface area contributed by atoms with E-state index in [9.17, 15) is 0 Å². The number of hydrogen-bond donors (Lipinski definition) is 1. The normalized spacial score (nSPS) is 12.7. The number of nitrogens with one attached hydrogen (secondary N) is 1. The molecule has 0 saturated carbocycles. The first-order valence-electron chi connectivity index (χ1n) is 5.55. The van der Waals surface area contributed by atoms with Gasteiger partial charge in [-0.2, -0.15) is 10.2 Å². The lowest BCUT2D eigenvalue weighted by atomic mass is 10.0. The highest BCUT2D eigenvalue weighted by Crippen LogP contribution is 2.19. The third-order valence-corrected chi connectivity index (χ3v) is 2.31. The summed E-state index contributed by atoms with van der Waals surface area (Å²) in [4.78, 5) is 4.23. The van der Waals surface area contributed by atoms with Gasteiger partial charge in [-0.3, -0.25) is 0 Å². The molecule has 0 aliphatic rings. The van der Waals surface area contributed by atoms with Crippen LogP contribution in [0.25, 0.3) is 0 Å². The van der Waals surface area contributed by atoms with Crippen LogP contribution < -0.4 is 5.32 Å². The Hall–Kier alpha value is -1.41. The van der Waals surface area contributed by atoms with Gasteiger partial charge in [0, 0.05) is 6.42 Å². The van der Waals surface area contributed by atoms with Crippen molar-refractivity contribution in [2.24, 2.45) is 5.92 Å². The molecule has 0 amide bonds. The molecule has 0 radical (unpaired) electrons. The molecular weight excluding hydrogens is 204 g/mol. The van der Waals surface area contributed by atoms with Crippen LogP contribution in [-0.4, -0.2) is 16.7 Å². The second-order valence-corrected chi connectivity index (χ2v) is 4.12. The van der Waals surface area contributed by atoms with Crippen molar-refractivity contribution in [3.05, 3.63) is 11.7 Å². The van der Waals surface area contributed by atoms with Crippen LogP contribution in [0.3, 0.4) is 0 Å². The van der Waals surface area contributed by atoms with Crippen molar-refractivity contribution in [1.82, 2.24) is 15.5 Å². The Bertz CT molecular complexity index is 353. The van der Waals surface area contributed by atoms with Crippen molar-refractivity contribution < 1.29 is 4.52 Å². The number of aromatic nitrogens is 2. The first-order valence-corrected chi connectivity index (χ1v) is 5.55. The van der Waals surface area contributed by atoms with Gasteiger partial charge in [-0.25, -0.2) is 0 Å². The van der Waals surface area contributed by atoms with E-state index in [1.165, 1.54) is 0 Å². The molecule has 0 aromatic carbocycles. The van der Waals surface area contributed by atoms with Gasteiger partial charge in [0.05, 0.1) is 12.1 Å². The van der Waals surface area contributed by atoms with E-state index in [0.717, 1.165) is 13.0 Å². The average Bonchev–Trinajstić information content (AvgIpc) is 2.64. The number of aryl methyl sites for hydroxylation is 1. The molecule has 0 aliphatic carbocycles. The summed E-state index contributed by atoms with van der Waals surface area (Å²) in [7, 11) is 0. The van der Waals surface area contributed by atoms with E-state index in [0.29, 0.717) is 24.1 Å². The zero-order valence-corrected chi connectivity index (χ0v) is 10.0. The number of unbranched alkanes of at least 4 members (excludes halogenated alkanes) is 1. The topological polar surface area (TPSA) is 74.7 Å². The number of rotatable bonds is 6. The van der Waals surface area contributed by atoms with Gasteiger partial charge in [-0.05, 0) is 25.8 Å². The molecule has 1 aromatic rings. The Labute approximate surface area is 95.8 Å². The molecule has 0 unspecified atom stereocenters. The zero-order chi connectivity index (χ0) is 12.0. The van der Waals surface area contributed by atoms with E-state index in [1.54, 1.807) is 6.92 Å². The predicted octanol–water partition coefficient (Wildman–Crippen LogP) is 1.97. The summed E-state index contributed by atoms with van der Waals surface area (Å²) in [5, 5.41) is 15.6. The van der Waals surface area contributed by atoms with Crippen LogP contribution in [0.5, 0.6) is 0 Å². The summed E-state index contributed by atoms with van der Waals surface area (Å²) in [6.45, 7) is 6.79. The van der Waals surface area contributed by atoms with Crippen molar-refractivity contribution in [1.29, 1.82) is 5.26 Å². The van der Waals surface area contributed by atoms with Crippen LogP contribution in [0.15, 0.2) is 4.52 Å². The van der Waals surface area contributed by atoms with Crippen molar-refractivity contribution in [3.63, 3.8) is 0 Å². The maximum Gasteiger partial charge on any atom is 0.244 e. The molecule has 16 heavy (non-hydrogen) atoms. The largest absolute Gasteiger partial charge is 0.338 e. The molecule has 0 bridgehead atoms. The molecule has 5 heteroatoms. The molecule has 1 atom stereocenters. The molecule has 88 valence electrons. The Morgan fingerprint density at radius 1 is 1.50 bits per heavy atom.